The van der Waals surface area contributed by atoms with Crippen LogP contribution in [0.4, 0.5) is 24.7 Å². The first-order valence-corrected chi connectivity index (χ1v) is 10.2. The molecule has 11 heteroatoms. The van der Waals surface area contributed by atoms with Gasteiger partial charge in [0, 0.05) is 5.69 Å². The summed E-state index contributed by atoms with van der Waals surface area (Å²) in [6, 6.07) is 8.00. The molecule has 0 aliphatic heterocycles. The maximum atomic E-state index is 13.1. The van der Waals surface area contributed by atoms with Crippen LogP contribution in [0.5, 0.6) is 0 Å². The van der Waals surface area contributed by atoms with Crippen molar-refractivity contribution in [2.45, 2.75) is 33.1 Å². The molecule has 0 bridgehead atoms. The zero-order chi connectivity index (χ0) is 24.8. The number of hydrogen-bond acceptors (Lipinski definition) is 6. The average Bonchev–Trinajstić information content (AvgIpc) is 3.10. The smallest absolute Gasteiger partial charge is 0.382 e. The minimum absolute atomic E-state index is 0.146. The molecule has 2 aromatic carbocycles. The van der Waals surface area contributed by atoms with Gasteiger partial charge in [0.2, 0.25) is 0 Å². The number of rotatable bonds is 4. The molecule has 4 aromatic rings. The lowest BCUT2D eigenvalue weighted by Gasteiger charge is -2.16. The van der Waals surface area contributed by atoms with E-state index >= 15 is 0 Å². The van der Waals surface area contributed by atoms with Gasteiger partial charge in [0.25, 0.3) is 5.91 Å². The van der Waals surface area contributed by atoms with Gasteiger partial charge < -0.3 is 16.2 Å². The van der Waals surface area contributed by atoms with E-state index in [4.69, 9.17) is 5.73 Å². The molecule has 0 aliphatic rings. The predicted molar refractivity (Wildman–Crippen MR) is 120 cm³/mol. The quantitative estimate of drug-likeness (QED) is 0.415. The van der Waals surface area contributed by atoms with Crippen LogP contribution in [0.3, 0.4) is 0 Å². The van der Waals surface area contributed by atoms with Crippen LogP contribution in [0.2, 0.25) is 0 Å². The number of aromatic nitrogens is 4. The van der Waals surface area contributed by atoms with E-state index in [0.717, 1.165) is 17.7 Å². The Morgan fingerprint density at radius 3 is 2.53 bits per heavy atom. The van der Waals surface area contributed by atoms with Gasteiger partial charge in [-0.25, -0.2) is 14.6 Å². The van der Waals surface area contributed by atoms with Gasteiger partial charge >= 0.3 is 6.18 Å². The first kappa shape index (κ1) is 23.2. The number of benzene rings is 2. The van der Waals surface area contributed by atoms with Gasteiger partial charge in [-0.05, 0) is 62.2 Å². The van der Waals surface area contributed by atoms with Crippen LogP contribution in [0.1, 0.15) is 34.1 Å². The van der Waals surface area contributed by atoms with Crippen LogP contribution in [0.25, 0.3) is 16.7 Å². The lowest BCUT2D eigenvalue weighted by atomic mass is 10.0. The van der Waals surface area contributed by atoms with Crippen molar-refractivity contribution < 1.29 is 23.1 Å². The standard InChI is InChI=1S/C23H21F3N6O2/c1-11-6-14(9-15(7-11)23(24,25)26)20(33)22(34)30-16-4-5-17(12(2)8-16)32-19-18(13(3)31-32)28-10-29-21(19)27/h4-10,20,33H,1-3H3,(H,30,34)(H2,27,28,29). The van der Waals surface area contributed by atoms with Gasteiger partial charge in [0.1, 0.15) is 17.4 Å². The van der Waals surface area contributed by atoms with Crippen LogP contribution in [0, 0.1) is 20.8 Å². The number of nitrogens with two attached hydrogens (primary N) is 1. The molecule has 0 spiro atoms. The summed E-state index contributed by atoms with van der Waals surface area (Å²) in [6.07, 6.45) is -5.01. The Hall–Kier alpha value is -3.99. The number of carbonyl (C=O) groups is 1. The number of carbonyl (C=O) groups excluding carboxylic acids is 1. The first-order valence-electron chi connectivity index (χ1n) is 10.2. The van der Waals surface area contributed by atoms with Crippen molar-refractivity contribution in [2.75, 3.05) is 11.1 Å². The molecule has 1 unspecified atom stereocenters. The number of nitrogen functional groups attached to an aromatic ring is 1. The van der Waals surface area contributed by atoms with Crippen LogP contribution in [-0.2, 0) is 11.0 Å². The summed E-state index contributed by atoms with van der Waals surface area (Å²) < 4.78 is 40.9. The molecule has 0 radical (unpaired) electrons. The zero-order valence-electron chi connectivity index (χ0n) is 18.5. The third-order valence-corrected chi connectivity index (χ3v) is 5.34. The van der Waals surface area contributed by atoms with Crippen molar-refractivity contribution in [1.82, 2.24) is 19.7 Å². The van der Waals surface area contributed by atoms with Crippen LogP contribution in [0.15, 0.2) is 42.7 Å². The SMILES string of the molecule is Cc1cc(C(O)C(=O)Nc2ccc(-n3nc(C)c4ncnc(N)c43)c(C)c2)cc(C(F)(F)F)c1. The molecule has 0 saturated heterocycles. The van der Waals surface area contributed by atoms with E-state index < -0.39 is 23.8 Å². The highest BCUT2D eigenvalue weighted by atomic mass is 19.4. The van der Waals surface area contributed by atoms with Crippen LogP contribution >= 0.6 is 0 Å². The molecule has 4 N–H and O–H groups in total. The molecule has 0 saturated carbocycles. The van der Waals surface area contributed by atoms with Crippen molar-refractivity contribution >= 4 is 28.4 Å². The summed E-state index contributed by atoms with van der Waals surface area (Å²) in [6.45, 7) is 5.05. The number of nitrogens with zero attached hydrogens (tertiary/aromatic N) is 4. The highest BCUT2D eigenvalue weighted by Gasteiger charge is 2.32. The Bertz CT molecular complexity index is 1410. The van der Waals surface area contributed by atoms with Crippen LogP contribution < -0.4 is 11.1 Å². The lowest BCUT2D eigenvalue weighted by Crippen LogP contribution is -2.21. The third kappa shape index (κ3) is 4.29. The molecule has 1 atom stereocenters. The summed E-state index contributed by atoms with van der Waals surface area (Å²) in [5.41, 5.74) is 8.80. The fourth-order valence-corrected chi connectivity index (χ4v) is 3.75. The third-order valence-electron chi connectivity index (χ3n) is 5.34. The van der Waals surface area contributed by atoms with E-state index in [9.17, 15) is 23.1 Å². The molecule has 8 nitrogen and oxygen atoms in total. The molecule has 34 heavy (non-hydrogen) atoms. The van der Waals surface area contributed by atoms with Crippen LogP contribution in [-0.4, -0.2) is 30.8 Å². The van der Waals surface area contributed by atoms with Gasteiger partial charge in [-0.3, -0.25) is 4.79 Å². The van der Waals surface area contributed by atoms with Gasteiger partial charge in [-0.2, -0.15) is 18.3 Å². The van der Waals surface area contributed by atoms with E-state index in [0.29, 0.717) is 28.1 Å². The maximum absolute atomic E-state index is 13.1. The summed E-state index contributed by atoms with van der Waals surface area (Å²) >= 11 is 0. The molecule has 2 heterocycles. The largest absolute Gasteiger partial charge is 0.416 e. The Morgan fingerprint density at radius 2 is 1.85 bits per heavy atom. The Morgan fingerprint density at radius 1 is 1.12 bits per heavy atom. The number of alkyl halides is 3. The summed E-state index contributed by atoms with van der Waals surface area (Å²) in [5, 5.41) is 17.4. The number of fused-ring (bicyclic) bond motifs is 1. The number of anilines is 2. The molecule has 4 rings (SSSR count). The van der Waals surface area contributed by atoms with Gasteiger partial charge in [-0.15, -0.1) is 0 Å². The second-order valence-electron chi connectivity index (χ2n) is 7.98. The Kier molecular flexibility index (Phi) is 5.74. The molecular weight excluding hydrogens is 449 g/mol. The highest BCUT2D eigenvalue weighted by Crippen LogP contribution is 2.32. The van der Waals surface area contributed by atoms with Gasteiger partial charge in [0.05, 0.1) is 16.9 Å². The molecule has 1 amide bonds. The minimum Gasteiger partial charge on any atom is -0.382 e. The van der Waals surface area contributed by atoms with Crippen molar-refractivity contribution in [3.63, 3.8) is 0 Å². The molecule has 0 aliphatic carbocycles. The molecule has 0 fully saturated rings. The second kappa shape index (κ2) is 8.41. The fraction of sp³-hybridized carbons (Fsp3) is 0.217. The normalized spacial score (nSPS) is 12.7. The topological polar surface area (TPSA) is 119 Å². The van der Waals surface area contributed by atoms with Crippen molar-refractivity contribution in [3.05, 3.63) is 70.7 Å². The Balaban J connectivity index is 1.61. The highest BCUT2D eigenvalue weighted by molar-refractivity contribution is 5.95. The molecule has 2 aromatic heterocycles. The summed E-state index contributed by atoms with van der Waals surface area (Å²) in [7, 11) is 0. The number of halogens is 3. The number of amides is 1. The number of aliphatic hydroxyl groups is 1. The maximum Gasteiger partial charge on any atom is 0.416 e. The van der Waals surface area contributed by atoms with E-state index in [1.807, 2.05) is 0 Å². The zero-order valence-corrected chi connectivity index (χ0v) is 18.5. The number of aliphatic hydroxyl groups excluding tert-OH is 1. The number of nitrogens with one attached hydrogen (secondary N) is 1. The molecular formula is C23H21F3N6O2. The Labute approximate surface area is 192 Å². The molecule has 176 valence electrons. The predicted octanol–water partition coefficient (Wildman–Crippen LogP) is 4.01. The van der Waals surface area contributed by atoms with Gasteiger partial charge in [-0.1, -0.05) is 11.6 Å². The van der Waals surface area contributed by atoms with E-state index in [2.05, 4.69) is 20.4 Å². The number of aryl methyl sites for hydroxylation is 3. The minimum atomic E-state index is -4.59. The van der Waals surface area contributed by atoms with Crippen molar-refractivity contribution in [1.29, 1.82) is 0 Å². The second-order valence-corrected chi connectivity index (χ2v) is 7.98. The monoisotopic (exact) mass is 470 g/mol. The van der Waals surface area contributed by atoms with Crippen molar-refractivity contribution in [2.24, 2.45) is 0 Å². The van der Waals surface area contributed by atoms with E-state index in [-0.39, 0.29) is 16.9 Å². The fourth-order valence-electron chi connectivity index (χ4n) is 3.75. The lowest BCUT2D eigenvalue weighted by molar-refractivity contribution is -0.138. The number of hydrogen-bond donors (Lipinski definition) is 3. The van der Waals surface area contributed by atoms with Gasteiger partial charge in [0.15, 0.2) is 11.9 Å². The average molecular weight is 470 g/mol. The summed E-state index contributed by atoms with van der Waals surface area (Å²) in [5.74, 6) is -0.592. The first-order chi connectivity index (χ1) is 16.0. The van der Waals surface area contributed by atoms with E-state index in [1.54, 1.807) is 36.7 Å². The van der Waals surface area contributed by atoms with Crippen molar-refractivity contribution in [3.8, 4) is 5.69 Å². The summed E-state index contributed by atoms with van der Waals surface area (Å²) in [4.78, 5) is 20.8. The van der Waals surface area contributed by atoms with E-state index in [1.165, 1.54) is 19.3 Å².